The van der Waals surface area contributed by atoms with Crippen molar-refractivity contribution in [2.45, 2.75) is 0 Å². The number of rotatable bonds is 1. The smallest absolute Gasteiger partial charge is 0.200 e. The molecule has 0 unspecified atom stereocenters. The predicted molar refractivity (Wildman–Crippen MR) is 43.2 cm³/mol. The number of aromatic hydroxyl groups is 3. The van der Waals surface area contributed by atoms with Crippen LogP contribution >= 0.6 is 0 Å². The molecule has 5 N–H and O–H groups in total. The van der Waals surface area contributed by atoms with Crippen LogP contribution in [-0.2, 0) is 0 Å². The molecule has 0 atom stereocenters. The summed E-state index contributed by atoms with van der Waals surface area (Å²) < 4.78 is 0. The molecule has 0 bridgehead atoms. The van der Waals surface area contributed by atoms with Gasteiger partial charge in [0.2, 0.25) is 5.75 Å². The van der Waals surface area contributed by atoms with Crippen LogP contribution in [0, 0.1) is 0 Å². The zero-order valence-electron chi connectivity index (χ0n) is 6.10. The van der Waals surface area contributed by atoms with Gasteiger partial charge in [-0.15, -0.1) is 0 Å². The SMILES string of the molecule is NN=Cc1ccc(O)c(O)c1O. The lowest BCUT2D eigenvalue weighted by atomic mass is 10.2. The van der Waals surface area contributed by atoms with E-state index >= 15 is 0 Å². The standard InChI is InChI=1S/C7H8N2O3/c8-9-3-4-1-2-5(10)7(12)6(4)11/h1-3,10-12H,8H2. The maximum absolute atomic E-state index is 9.15. The van der Waals surface area contributed by atoms with Gasteiger partial charge in [0.25, 0.3) is 0 Å². The highest BCUT2D eigenvalue weighted by molar-refractivity contribution is 5.85. The first kappa shape index (κ1) is 8.19. The van der Waals surface area contributed by atoms with Crippen LogP contribution in [0.5, 0.6) is 17.2 Å². The summed E-state index contributed by atoms with van der Waals surface area (Å²) in [4.78, 5) is 0. The van der Waals surface area contributed by atoms with E-state index < -0.39 is 11.5 Å². The third kappa shape index (κ3) is 1.24. The van der Waals surface area contributed by atoms with E-state index in [2.05, 4.69) is 5.10 Å². The Hall–Kier alpha value is -1.91. The third-order valence-corrected chi connectivity index (χ3v) is 1.37. The fraction of sp³-hybridized carbons (Fsp3) is 0. The van der Waals surface area contributed by atoms with E-state index in [1.807, 2.05) is 0 Å². The summed E-state index contributed by atoms with van der Waals surface area (Å²) in [5.74, 6) is 3.43. The summed E-state index contributed by atoms with van der Waals surface area (Å²) in [5.41, 5.74) is 0.243. The minimum atomic E-state index is -0.576. The molecule has 0 spiro atoms. The minimum Gasteiger partial charge on any atom is -0.504 e. The molecular weight excluding hydrogens is 160 g/mol. The molecule has 64 valence electrons. The largest absolute Gasteiger partial charge is 0.504 e. The monoisotopic (exact) mass is 168 g/mol. The van der Waals surface area contributed by atoms with Crippen molar-refractivity contribution in [2.24, 2.45) is 10.9 Å². The van der Waals surface area contributed by atoms with E-state index in [0.717, 1.165) is 6.21 Å². The maximum Gasteiger partial charge on any atom is 0.200 e. The molecule has 0 aliphatic heterocycles. The van der Waals surface area contributed by atoms with Crippen molar-refractivity contribution in [3.05, 3.63) is 17.7 Å². The topological polar surface area (TPSA) is 99.1 Å². The molecule has 1 rings (SSSR count). The van der Waals surface area contributed by atoms with Crippen molar-refractivity contribution < 1.29 is 15.3 Å². The lowest BCUT2D eigenvalue weighted by Gasteiger charge is -2.02. The van der Waals surface area contributed by atoms with E-state index in [4.69, 9.17) is 21.2 Å². The highest BCUT2D eigenvalue weighted by atomic mass is 16.3. The van der Waals surface area contributed by atoms with Gasteiger partial charge in [-0.3, -0.25) is 0 Å². The summed E-state index contributed by atoms with van der Waals surface area (Å²) in [5, 5.41) is 30.2. The number of hydrazone groups is 1. The van der Waals surface area contributed by atoms with E-state index in [0.29, 0.717) is 0 Å². The Morgan fingerprint density at radius 1 is 1.17 bits per heavy atom. The molecule has 0 aromatic heterocycles. The first-order valence-electron chi connectivity index (χ1n) is 3.14. The molecule has 0 radical (unpaired) electrons. The van der Waals surface area contributed by atoms with E-state index in [1.54, 1.807) is 0 Å². The van der Waals surface area contributed by atoms with Gasteiger partial charge in [0.15, 0.2) is 11.5 Å². The molecule has 1 aromatic rings. The van der Waals surface area contributed by atoms with Gasteiger partial charge in [0, 0.05) is 5.56 Å². The number of phenolic OH excluding ortho intramolecular Hbond substituents is 3. The van der Waals surface area contributed by atoms with Crippen molar-refractivity contribution in [3.8, 4) is 17.2 Å². The average molecular weight is 168 g/mol. The zero-order chi connectivity index (χ0) is 9.14. The van der Waals surface area contributed by atoms with Gasteiger partial charge in [-0.1, -0.05) is 0 Å². The molecule has 0 aliphatic carbocycles. The van der Waals surface area contributed by atoms with Crippen LogP contribution in [-0.4, -0.2) is 21.5 Å². The van der Waals surface area contributed by atoms with E-state index in [1.165, 1.54) is 12.1 Å². The molecule has 0 amide bonds. The van der Waals surface area contributed by atoms with Crippen molar-refractivity contribution >= 4 is 6.21 Å². The van der Waals surface area contributed by atoms with E-state index in [-0.39, 0.29) is 11.3 Å². The van der Waals surface area contributed by atoms with Gasteiger partial charge in [0.1, 0.15) is 0 Å². The zero-order valence-corrected chi connectivity index (χ0v) is 6.10. The average Bonchev–Trinajstić information content (AvgIpc) is 2.07. The minimum absolute atomic E-state index is 0.243. The second-order valence-corrected chi connectivity index (χ2v) is 2.15. The van der Waals surface area contributed by atoms with Crippen LogP contribution in [0.15, 0.2) is 17.2 Å². The van der Waals surface area contributed by atoms with Gasteiger partial charge >= 0.3 is 0 Å². The van der Waals surface area contributed by atoms with Crippen LogP contribution in [0.4, 0.5) is 0 Å². The predicted octanol–water partition coefficient (Wildman–Crippen LogP) is 0.0960. The second kappa shape index (κ2) is 3.00. The van der Waals surface area contributed by atoms with Crippen LogP contribution in [0.3, 0.4) is 0 Å². The Morgan fingerprint density at radius 3 is 2.42 bits per heavy atom. The molecule has 0 saturated heterocycles. The number of phenols is 3. The Labute approximate surface area is 68.4 Å². The summed E-state index contributed by atoms with van der Waals surface area (Å²) in [6.45, 7) is 0. The first-order valence-corrected chi connectivity index (χ1v) is 3.14. The van der Waals surface area contributed by atoms with Crippen molar-refractivity contribution in [2.75, 3.05) is 0 Å². The molecule has 0 saturated carbocycles. The van der Waals surface area contributed by atoms with Crippen molar-refractivity contribution in [1.82, 2.24) is 0 Å². The van der Waals surface area contributed by atoms with Gasteiger partial charge in [-0.05, 0) is 12.1 Å². The summed E-state index contributed by atoms with van der Waals surface area (Å²) in [6.07, 6.45) is 1.16. The van der Waals surface area contributed by atoms with Crippen molar-refractivity contribution in [1.29, 1.82) is 0 Å². The summed E-state index contributed by atoms with van der Waals surface area (Å²) in [7, 11) is 0. The number of nitrogens with zero attached hydrogens (tertiary/aromatic N) is 1. The van der Waals surface area contributed by atoms with Gasteiger partial charge in [-0.25, -0.2) is 0 Å². The molecule has 5 nitrogen and oxygen atoms in total. The Bertz CT molecular complexity index is 323. The highest BCUT2D eigenvalue weighted by Gasteiger charge is 2.08. The Balaban J connectivity index is 3.26. The molecule has 12 heavy (non-hydrogen) atoms. The Morgan fingerprint density at radius 2 is 1.83 bits per heavy atom. The maximum atomic E-state index is 9.15. The van der Waals surface area contributed by atoms with Crippen LogP contribution in [0.1, 0.15) is 5.56 Å². The summed E-state index contributed by atoms with van der Waals surface area (Å²) in [6, 6.07) is 2.60. The van der Waals surface area contributed by atoms with Gasteiger partial charge in [-0.2, -0.15) is 5.10 Å². The highest BCUT2D eigenvalue weighted by Crippen LogP contribution is 2.35. The molecule has 0 heterocycles. The molecule has 0 fully saturated rings. The van der Waals surface area contributed by atoms with Crippen molar-refractivity contribution in [3.63, 3.8) is 0 Å². The molecule has 0 aliphatic rings. The molecule has 1 aromatic carbocycles. The fourth-order valence-electron chi connectivity index (χ4n) is 0.769. The first-order chi connectivity index (χ1) is 5.66. The number of hydrogen-bond acceptors (Lipinski definition) is 5. The number of hydrogen-bond donors (Lipinski definition) is 4. The number of nitrogens with two attached hydrogens (primary N) is 1. The lowest BCUT2D eigenvalue weighted by Crippen LogP contribution is -1.87. The normalized spacial score (nSPS) is 10.7. The quantitative estimate of drug-likeness (QED) is 0.207. The van der Waals surface area contributed by atoms with E-state index in [9.17, 15) is 0 Å². The molecule has 5 heteroatoms. The van der Waals surface area contributed by atoms with Crippen LogP contribution < -0.4 is 5.84 Å². The third-order valence-electron chi connectivity index (χ3n) is 1.37. The van der Waals surface area contributed by atoms with Gasteiger partial charge in [0.05, 0.1) is 6.21 Å². The van der Waals surface area contributed by atoms with Gasteiger partial charge < -0.3 is 21.2 Å². The van der Waals surface area contributed by atoms with Crippen LogP contribution in [0.25, 0.3) is 0 Å². The molecular formula is C7H8N2O3. The fourth-order valence-corrected chi connectivity index (χ4v) is 0.769. The second-order valence-electron chi connectivity index (χ2n) is 2.15. The number of benzene rings is 1. The summed E-state index contributed by atoms with van der Waals surface area (Å²) >= 11 is 0. The van der Waals surface area contributed by atoms with Crippen LogP contribution in [0.2, 0.25) is 0 Å². The Kier molecular flexibility index (Phi) is 2.05. The lowest BCUT2D eigenvalue weighted by molar-refractivity contribution is 0.367.